The molecule has 0 bridgehead atoms. The van der Waals surface area contributed by atoms with Crippen LogP contribution in [0.2, 0.25) is 0 Å². The predicted molar refractivity (Wildman–Crippen MR) is 154 cm³/mol. The number of benzene rings is 2. The molecule has 2 atom stereocenters. The minimum atomic E-state index is -3.85. The second-order valence-corrected chi connectivity index (χ2v) is 12.5. The van der Waals surface area contributed by atoms with Crippen LogP contribution in [0.15, 0.2) is 72.1 Å². The smallest absolute Gasteiger partial charge is 0.246 e. The molecular weight excluding hydrogens is 600 g/mol. The van der Waals surface area contributed by atoms with Crippen molar-refractivity contribution < 1.29 is 30.8 Å². The van der Waals surface area contributed by atoms with Gasteiger partial charge in [0.05, 0.1) is 24.3 Å². The van der Waals surface area contributed by atoms with Crippen molar-refractivity contribution in [2.45, 2.75) is 36.1 Å². The SMILES string of the molecule is Cn1cc(S(=O)(=O)N2CCNC[C@@H]2CCc2c(F)cncc2NC(=O)C[C@@H](c2ccc(F)cc2)c2cc(F)cc(F)c2)cn1. The molecule has 0 radical (unpaired) electrons. The predicted octanol–water partition coefficient (Wildman–Crippen LogP) is 4.13. The fraction of sp³-hybridized carbons (Fsp3) is 0.300. The molecule has 1 amide bonds. The zero-order chi connectivity index (χ0) is 31.4. The van der Waals surface area contributed by atoms with Crippen LogP contribution in [-0.2, 0) is 28.3 Å². The van der Waals surface area contributed by atoms with Crippen LogP contribution in [0.5, 0.6) is 0 Å². The second kappa shape index (κ2) is 13.2. The summed E-state index contributed by atoms with van der Waals surface area (Å²) in [5.41, 5.74) is 0.835. The number of aromatic nitrogens is 3. The lowest BCUT2D eigenvalue weighted by Crippen LogP contribution is -2.53. The molecule has 1 fully saturated rings. The molecule has 0 aliphatic carbocycles. The number of rotatable bonds is 10. The highest BCUT2D eigenvalue weighted by Gasteiger charge is 2.34. The molecule has 14 heteroatoms. The summed E-state index contributed by atoms with van der Waals surface area (Å²) in [5, 5.41) is 9.80. The molecular formula is C30H30F4N6O3S. The summed E-state index contributed by atoms with van der Waals surface area (Å²) in [7, 11) is -2.23. The first kappa shape index (κ1) is 31.3. The third-order valence-corrected chi connectivity index (χ3v) is 9.44. The van der Waals surface area contributed by atoms with Gasteiger partial charge in [0.15, 0.2) is 0 Å². The van der Waals surface area contributed by atoms with Crippen molar-refractivity contribution >= 4 is 21.6 Å². The van der Waals surface area contributed by atoms with E-state index in [4.69, 9.17) is 0 Å². The topological polar surface area (TPSA) is 109 Å². The fourth-order valence-electron chi connectivity index (χ4n) is 5.39. The van der Waals surface area contributed by atoms with Crippen molar-refractivity contribution in [3.05, 3.63) is 107 Å². The van der Waals surface area contributed by atoms with Crippen LogP contribution >= 0.6 is 0 Å². The van der Waals surface area contributed by atoms with Gasteiger partial charge in [0.1, 0.15) is 28.2 Å². The van der Waals surface area contributed by atoms with Gasteiger partial charge in [-0.1, -0.05) is 12.1 Å². The maximum absolute atomic E-state index is 15.1. The Bertz CT molecular complexity index is 1730. The lowest BCUT2D eigenvalue weighted by atomic mass is 9.88. The van der Waals surface area contributed by atoms with Gasteiger partial charge in [0, 0.05) is 62.9 Å². The Morgan fingerprint density at radius 2 is 1.75 bits per heavy atom. The Hall–Kier alpha value is -4.14. The van der Waals surface area contributed by atoms with Crippen LogP contribution in [0.3, 0.4) is 0 Å². The highest BCUT2D eigenvalue weighted by atomic mass is 32.2. The van der Waals surface area contributed by atoms with Crippen LogP contribution in [0, 0.1) is 23.3 Å². The summed E-state index contributed by atoms with van der Waals surface area (Å²) >= 11 is 0. The molecule has 2 aromatic carbocycles. The van der Waals surface area contributed by atoms with Gasteiger partial charge in [-0.15, -0.1) is 0 Å². The standard InChI is InChI=1S/C30H30F4N6O3S/c1-39-18-25(15-37-39)44(42,43)40-9-8-35-14-24(40)6-7-26-28(34)16-36-17-29(26)38-30(41)13-27(19-2-4-21(31)5-3-19)20-10-22(32)12-23(33)11-20/h2-5,10-12,15-18,24,27,35H,6-9,13-14H2,1H3,(H,38,41)/t24-,27-/m0/s1. The lowest BCUT2D eigenvalue weighted by molar-refractivity contribution is -0.116. The Morgan fingerprint density at radius 1 is 1.02 bits per heavy atom. The molecule has 2 N–H and O–H groups in total. The molecule has 0 saturated carbocycles. The number of piperazine rings is 1. The van der Waals surface area contributed by atoms with Gasteiger partial charge in [-0.05, 0) is 48.2 Å². The number of carbonyl (C=O) groups excluding carboxylic acids is 1. The van der Waals surface area contributed by atoms with E-state index >= 15 is 4.39 Å². The highest BCUT2D eigenvalue weighted by molar-refractivity contribution is 7.89. The van der Waals surface area contributed by atoms with E-state index in [-0.39, 0.29) is 47.5 Å². The maximum atomic E-state index is 15.1. The van der Waals surface area contributed by atoms with Crippen LogP contribution in [0.4, 0.5) is 23.2 Å². The van der Waals surface area contributed by atoms with Gasteiger partial charge in [-0.25, -0.2) is 26.0 Å². The number of nitrogens with zero attached hydrogens (tertiary/aromatic N) is 4. The largest absolute Gasteiger partial charge is 0.324 e. The first-order chi connectivity index (χ1) is 21.0. The van der Waals surface area contributed by atoms with Crippen molar-refractivity contribution in [3.8, 4) is 0 Å². The first-order valence-corrected chi connectivity index (χ1v) is 15.3. The molecule has 1 saturated heterocycles. The summed E-state index contributed by atoms with van der Waals surface area (Å²) in [4.78, 5) is 17.2. The van der Waals surface area contributed by atoms with E-state index in [1.807, 2.05) is 0 Å². The first-order valence-electron chi connectivity index (χ1n) is 13.9. The third kappa shape index (κ3) is 7.14. The van der Waals surface area contributed by atoms with Gasteiger partial charge in [0.2, 0.25) is 15.9 Å². The molecule has 2 aromatic heterocycles. The number of halogens is 4. The van der Waals surface area contributed by atoms with E-state index in [1.54, 1.807) is 7.05 Å². The number of hydrogen-bond acceptors (Lipinski definition) is 6. The number of carbonyl (C=O) groups is 1. The summed E-state index contributed by atoms with van der Waals surface area (Å²) in [6.07, 6.45) is 5.00. The van der Waals surface area contributed by atoms with Crippen LogP contribution < -0.4 is 10.6 Å². The lowest BCUT2D eigenvalue weighted by Gasteiger charge is -2.35. The van der Waals surface area contributed by atoms with Gasteiger partial charge >= 0.3 is 0 Å². The third-order valence-electron chi connectivity index (χ3n) is 7.54. The number of aryl methyl sites for hydroxylation is 1. The average molecular weight is 631 g/mol. The van der Waals surface area contributed by atoms with Gasteiger partial charge in [0.25, 0.3) is 0 Å². The summed E-state index contributed by atoms with van der Waals surface area (Å²) in [6, 6.07) is 7.62. The zero-order valence-electron chi connectivity index (χ0n) is 23.7. The van der Waals surface area contributed by atoms with Gasteiger partial charge in [-0.2, -0.15) is 9.40 Å². The van der Waals surface area contributed by atoms with E-state index in [0.29, 0.717) is 24.7 Å². The van der Waals surface area contributed by atoms with Crippen LogP contribution in [-0.4, -0.2) is 59.1 Å². The average Bonchev–Trinajstić information content (AvgIpc) is 3.43. The number of nitrogens with one attached hydrogen (secondary N) is 2. The monoisotopic (exact) mass is 630 g/mol. The molecule has 4 aromatic rings. The quantitative estimate of drug-likeness (QED) is 0.255. The number of hydrogen-bond donors (Lipinski definition) is 2. The van der Waals surface area contributed by atoms with E-state index in [1.165, 1.54) is 51.8 Å². The van der Waals surface area contributed by atoms with E-state index in [0.717, 1.165) is 18.3 Å². The fourth-order valence-corrected chi connectivity index (χ4v) is 7.03. The second-order valence-electron chi connectivity index (χ2n) is 10.6. The van der Waals surface area contributed by atoms with Crippen LogP contribution in [0.1, 0.15) is 35.4 Å². The molecule has 1 aliphatic rings. The van der Waals surface area contributed by atoms with Crippen molar-refractivity contribution in [2.24, 2.45) is 7.05 Å². The summed E-state index contributed by atoms with van der Waals surface area (Å²) in [6.45, 7) is 1.01. The number of amides is 1. The Labute approximate surface area is 252 Å². The van der Waals surface area contributed by atoms with Gasteiger partial charge in [-0.3, -0.25) is 14.5 Å². The molecule has 0 unspecified atom stereocenters. The van der Waals surface area contributed by atoms with Gasteiger partial charge < -0.3 is 10.6 Å². The molecule has 232 valence electrons. The number of sulfonamides is 1. The Morgan fingerprint density at radius 3 is 2.43 bits per heavy atom. The number of anilines is 1. The van der Waals surface area contributed by atoms with Crippen molar-refractivity contribution in [3.63, 3.8) is 0 Å². The number of pyridine rings is 1. The van der Waals surface area contributed by atoms with E-state index < -0.39 is 51.2 Å². The van der Waals surface area contributed by atoms with Crippen molar-refractivity contribution in [1.82, 2.24) is 24.4 Å². The summed E-state index contributed by atoms with van der Waals surface area (Å²) < 4.78 is 86.3. The zero-order valence-corrected chi connectivity index (χ0v) is 24.5. The molecule has 3 heterocycles. The van der Waals surface area contributed by atoms with Crippen LogP contribution in [0.25, 0.3) is 0 Å². The maximum Gasteiger partial charge on any atom is 0.246 e. The molecule has 1 aliphatic heterocycles. The minimum Gasteiger partial charge on any atom is -0.324 e. The van der Waals surface area contributed by atoms with E-state index in [2.05, 4.69) is 20.7 Å². The summed E-state index contributed by atoms with van der Waals surface area (Å²) in [5.74, 6) is -4.31. The Kier molecular flexibility index (Phi) is 9.42. The molecule has 0 spiro atoms. The van der Waals surface area contributed by atoms with Crippen molar-refractivity contribution in [2.75, 3.05) is 25.0 Å². The van der Waals surface area contributed by atoms with Crippen molar-refractivity contribution in [1.29, 1.82) is 0 Å². The normalized spacial score (nSPS) is 16.5. The Balaban J connectivity index is 1.35. The molecule has 44 heavy (non-hydrogen) atoms. The van der Waals surface area contributed by atoms with E-state index in [9.17, 15) is 26.4 Å². The highest BCUT2D eigenvalue weighted by Crippen LogP contribution is 2.31. The minimum absolute atomic E-state index is 0.0591. The molecule has 5 rings (SSSR count). The molecule has 9 nitrogen and oxygen atoms in total.